The van der Waals surface area contributed by atoms with Gasteiger partial charge in [-0.25, -0.2) is 14.4 Å². The minimum Gasteiger partial charge on any atom is -0.369 e. The first kappa shape index (κ1) is 14.5. The molecule has 0 amide bonds. The molecule has 2 rings (SSSR count). The van der Waals surface area contributed by atoms with Gasteiger partial charge in [0.25, 0.3) is 0 Å². The summed E-state index contributed by atoms with van der Waals surface area (Å²) in [6.07, 6.45) is 2.00. The Morgan fingerprint density at radius 3 is 2.89 bits per heavy atom. The molecule has 0 saturated heterocycles. The van der Waals surface area contributed by atoms with Crippen molar-refractivity contribution in [2.45, 2.75) is 13.3 Å². The molecule has 1 aromatic heterocycles. The van der Waals surface area contributed by atoms with Crippen molar-refractivity contribution in [3.63, 3.8) is 0 Å². The first-order valence-corrected chi connectivity index (χ1v) is 7.25. The summed E-state index contributed by atoms with van der Waals surface area (Å²) in [6, 6.07) is 4.64. The number of nitrogens with zero attached hydrogens (tertiary/aromatic N) is 2. The normalized spacial score (nSPS) is 10.5. The van der Waals surface area contributed by atoms with Gasteiger partial charge in [-0.05, 0) is 41.6 Å². The van der Waals surface area contributed by atoms with Gasteiger partial charge in [-0.15, -0.1) is 0 Å². The van der Waals surface area contributed by atoms with Gasteiger partial charge in [-0.1, -0.05) is 17.7 Å². The number of hydrogen-bond donors (Lipinski definition) is 1. The topological polar surface area (TPSA) is 37.8 Å². The van der Waals surface area contributed by atoms with Crippen LogP contribution in [0, 0.1) is 9.39 Å². The molecule has 0 unspecified atom stereocenters. The molecule has 0 aliphatic carbocycles. The lowest BCUT2D eigenvalue weighted by Gasteiger charge is -2.08. The quantitative estimate of drug-likeness (QED) is 0.804. The van der Waals surface area contributed by atoms with Gasteiger partial charge in [0, 0.05) is 29.7 Å². The van der Waals surface area contributed by atoms with Crippen LogP contribution in [0.15, 0.2) is 24.4 Å². The Balaban J connectivity index is 2.31. The maximum atomic E-state index is 13.7. The van der Waals surface area contributed by atoms with Gasteiger partial charge in [-0.2, -0.15) is 0 Å². The number of halogens is 3. The molecule has 0 spiro atoms. The summed E-state index contributed by atoms with van der Waals surface area (Å²) in [5.74, 6) is 0.976. The van der Waals surface area contributed by atoms with E-state index in [0.717, 1.165) is 15.9 Å². The third-order valence-corrected chi connectivity index (χ3v) is 3.68. The fourth-order valence-corrected chi connectivity index (χ4v) is 2.32. The van der Waals surface area contributed by atoms with Gasteiger partial charge >= 0.3 is 0 Å². The minimum absolute atomic E-state index is 0.279. The Labute approximate surface area is 129 Å². The predicted octanol–water partition coefficient (Wildman–Crippen LogP) is 3.90. The van der Waals surface area contributed by atoms with E-state index >= 15 is 0 Å². The second-order valence-corrected chi connectivity index (χ2v) is 5.46. The molecule has 0 saturated carbocycles. The zero-order chi connectivity index (χ0) is 13.8. The van der Waals surface area contributed by atoms with E-state index in [1.54, 1.807) is 18.3 Å². The average Bonchev–Trinajstić information content (AvgIpc) is 2.38. The lowest BCUT2D eigenvalue weighted by Crippen LogP contribution is -2.06. The van der Waals surface area contributed by atoms with Gasteiger partial charge in [0.05, 0.1) is 3.57 Å². The van der Waals surface area contributed by atoms with Crippen LogP contribution < -0.4 is 5.32 Å². The molecule has 0 radical (unpaired) electrons. The lowest BCUT2D eigenvalue weighted by atomic mass is 10.1. The first-order valence-electron chi connectivity index (χ1n) is 5.80. The van der Waals surface area contributed by atoms with E-state index in [1.165, 1.54) is 6.07 Å². The Hall–Kier alpha value is -0.950. The van der Waals surface area contributed by atoms with Gasteiger partial charge in [0.1, 0.15) is 17.5 Å². The van der Waals surface area contributed by atoms with Crippen LogP contribution in [-0.4, -0.2) is 16.5 Å². The van der Waals surface area contributed by atoms with Crippen LogP contribution in [-0.2, 0) is 6.42 Å². The van der Waals surface area contributed by atoms with Crippen molar-refractivity contribution in [3.8, 4) is 0 Å². The summed E-state index contributed by atoms with van der Waals surface area (Å²) in [7, 11) is 0. The molecule has 100 valence electrons. The van der Waals surface area contributed by atoms with E-state index in [4.69, 9.17) is 11.6 Å². The van der Waals surface area contributed by atoms with Crippen molar-refractivity contribution >= 4 is 40.0 Å². The third-order valence-electron chi connectivity index (χ3n) is 2.53. The van der Waals surface area contributed by atoms with Crippen molar-refractivity contribution in [1.82, 2.24) is 9.97 Å². The Morgan fingerprint density at radius 1 is 1.42 bits per heavy atom. The maximum Gasteiger partial charge on any atom is 0.143 e. The summed E-state index contributed by atoms with van der Waals surface area (Å²) in [6.45, 7) is 2.76. The van der Waals surface area contributed by atoms with Crippen molar-refractivity contribution in [1.29, 1.82) is 0 Å². The van der Waals surface area contributed by atoms with E-state index in [9.17, 15) is 4.39 Å². The molecule has 0 aliphatic rings. The van der Waals surface area contributed by atoms with Crippen LogP contribution in [0.4, 0.5) is 10.2 Å². The molecular formula is C13H12ClFIN3. The molecule has 0 aliphatic heterocycles. The van der Waals surface area contributed by atoms with E-state index in [-0.39, 0.29) is 12.2 Å². The fraction of sp³-hybridized carbons (Fsp3) is 0.231. The number of aromatic nitrogens is 2. The molecule has 6 heteroatoms. The summed E-state index contributed by atoms with van der Waals surface area (Å²) in [5, 5.41) is 3.54. The molecular weight excluding hydrogens is 380 g/mol. The first-order chi connectivity index (χ1) is 9.11. The SMILES string of the molecule is CCNc1nc(Cc2c(F)cccc2Cl)ncc1I. The van der Waals surface area contributed by atoms with Crippen LogP contribution in [0.25, 0.3) is 0 Å². The summed E-state index contributed by atoms with van der Waals surface area (Å²) in [5.41, 5.74) is 0.424. The molecule has 1 heterocycles. The van der Waals surface area contributed by atoms with Crippen molar-refractivity contribution in [2.75, 3.05) is 11.9 Å². The highest BCUT2D eigenvalue weighted by atomic mass is 127. The molecule has 0 atom stereocenters. The number of rotatable bonds is 4. The average molecular weight is 392 g/mol. The number of benzene rings is 1. The molecule has 19 heavy (non-hydrogen) atoms. The molecule has 0 bridgehead atoms. The van der Waals surface area contributed by atoms with Crippen LogP contribution in [0.1, 0.15) is 18.3 Å². The van der Waals surface area contributed by atoms with Crippen LogP contribution in [0.3, 0.4) is 0 Å². The van der Waals surface area contributed by atoms with Crippen molar-refractivity contribution in [3.05, 3.63) is 50.2 Å². The highest BCUT2D eigenvalue weighted by Crippen LogP contribution is 2.22. The Bertz CT molecular complexity index is 572. The number of hydrogen-bond acceptors (Lipinski definition) is 3. The Kier molecular flexibility index (Phi) is 4.93. The third kappa shape index (κ3) is 3.54. The largest absolute Gasteiger partial charge is 0.369 e. The summed E-state index contributed by atoms with van der Waals surface area (Å²) in [4.78, 5) is 8.60. The standard InChI is InChI=1S/C13H12ClFIN3/c1-2-17-13-11(16)7-18-12(19-13)6-8-9(14)4-3-5-10(8)15/h3-5,7H,2,6H2,1H3,(H,17,18,19). The Morgan fingerprint density at radius 2 is 2.21 bits per heavy atom. The van der Waals surface area contributed by atoms with Crippen LogP contribution in [0.5, 0.6) is 0 Å². The van der Waals surface area contributed by atoms with E-state index in [2.05, 4.69) is 37.9 Å². The number of nitrogens with one attached hydrogen (secondary N) is 1. The summed E-state index contributed by atoms with van der Waals surface area (Å²) < 4.78 is 14.6. The second kappa shape index (κ2) is 6.47. The molecule has 0 fully saturated rings. The lowest BCUT2D eigenvalue weighted by molar-refractivity contribution is 0.612. The zero-order valence-electron chi connectivity index (χ0n) is 10.3. The molecule has 1 aromatic carbocycles. The zero-order valence-corrected chi connectivity index (χ0v) is 13.2. The van der Waals surface area contributed by atoms with Gasteiger partial charge in [0.15, 0.2) is 0 Å². The molecule has 3 nitrogen and oxygen atoms in total. The fourth-order valence-electron chi connectivity index (χ4n) is 1.64. The minimum atomic E-state index is -0.334. The van der Waals surface area contributed by atoms with Crippen LogP contribution in [0.2, 0.25) is 5.02 Å². The smallest absolute Gasteiger partial charge is 0.143 e. The molecule has 1 N–H and O–H groups in total. The second-order valence-electron chi connectivity index (χ2n) is 3.89. The van der Waals surface area contributed by atoms with Gasteiger partial charge in [-0.3, -0.25) is 0 Å². The van der Waals surface area contributed by atoms with E-state index < -0.39 is 0 Å². The van der Waals surface area contributed by atoms with Crippen LogP contribution >= 0.6 is 34.2 Å². The monoisotopic (exact) mass is 391 g/mol. The number of anilines is 1. The van der Waals surface area contributed by atoms with Gasteiger partial charge < -0.3 is 5.32 Å². The van der Waals surface area contributed by atoms with Crippen molar-refractivity contribution in [2.24, 2.45) is 0 Å². The van der Waals surface area contributed by atoms with E-state index in [0.29, 0.717) is 16.4 Å². The summed E-state index contributed by atoms with van der Waals surface area (Å²) >= 11 is 8.16. The predicted molar refractivity (Wildman–Crippen MR) is 83.1 cm³/mol. The highest BCUT2D eigenvalue weighted by molar-refractivity contribution is 14.1. The van der Waals surface area contributed by atoms with Crippen molar-refractivity contribution < 1.29 is 4.39 Å². The van der Waals surface area contributed by atoms with E-state index in [1.807, 2.05) is 6.92 Å². The van der Waals surface area contributed by atoms with Gasteiger partial charge in [0.2, 0.25) is 0 Å². The highest BCUT2D eigenvalue weighted by Gasteiger charge is 2.11. The molecule has 2 aromatic rings. The maximum absolute atomic E-state index is 13.7.